The standard InChI is InChI=1S/C27H25BN9.C6H6O.Zn/c1-19-29-25(22-13-7-4-8-14-22)32-35(19)28(36-20(2)30-26(33-36)23-15-9-5-10-16-23)37-21(3)31-27(34-37)24-17-11-6-12-18-24;7-6-4-2-1-3-5-6;/h4-18,28H,1-3H3;1-5,7H;/q-1;;+2/p-1. The molecule has 45 heavy (non-hydrogen) atoms. The summed E-state index contributed by atoms with van der Waals surface area (Å²) in [5.41, 5.74) is 2.84. The van der Waals surface area contributed by atoms with Crippen LogP contribution in [0.15, 0.2) is 121 Å². The number of aromatic nitrogens is 9. The molecule has 0 bridgehead atoms. The van der Waals surface area contributed by atoms with Crippen molar-refractivity contribution < 1.29 is 24.6 Å². The maximum absolute atomic E-state index is 10.3. The molecular formula is C33H30BN9OZn. The molecule has 0 fully saturated rings. The molecule has 0 aliphatic heterocycles. The van der Waals surface area contributed by atoms with Crippen molar-refractivity contribution in [3.05, 3.63) is 139 Å². The SMILES string of the molecule is Cc1nc(-c2ccccc2)nn1[BH-](n1nc(-c2ccccc2)nc1C)n1nc(-c2ccccc2)nc1C.[O-]c1ccccc1.[Zn+2]. The molecule has 10 nitrogen and oxygen atoms in total. The molecule has 0 saturated carbocycles. The average molecular weight is 645 g/mol. The van der Waals surface area contributed by atoms with Crippen LogP contribution in [0.3, 0.4) is 0 Å². The zero-order valence-electron chi connectivity index (χ0n) is 25.4. The second kappa shape index (κ2) is 14.0. The second-order valence-corrected chi connectivity index (χ2v) is 10.3. The summed E-state index contributed by atoms with van der Waals surface area (Å²) in [6.45, 7) is 5.86. The van der Waals surface area contributed by atoms with Gasteiger partial charge in [-0.05, 0) is 20.8 Å². The van der Waals surface area contributed by atoms with Gasteiger partial charge in [-0.15, -0.1) is 5.75 Å². The first-order valence-corrected chi connectivity index (χ1v) is 14.3. The van der Waals surface area contributed by atoms with Crippen molar-refractivity contribution in [2.45, 2.75) is 20.8 Å². The average Bonchev–Trinajstić information content (AvgIpc) is 3.76. The molecule has 0 spiro atoms. The summed E-state index contributed by atoms with van der Waals surface area (Å²) in [5.74, 6) is 4.29. The Balaban J connectivity index is 0.000000444. The van der Waals surface area contributed by atoms with E-state index in [-0.39, 0.29) is 25.2 Å². The zero-order chi connectivity index (χ0) is 30.5. The van der Waals surface area contributed by atoms with Gasteiger partial charge < -0.3 is 18.9 Å². The van der Waals surface area contributed by atoms with Gasteiger partial charge in [0.2, 0.25) is 0 Å². The van der Waals surface area contributed by atoms with Gasteiger partial charge in [0.1, 0.15) is 0 Å². The minimum atomic E-state index is -1.74. The normalized spacial score (nSPS) is 10.7. The number of para-hydroxylation sites is 1. The number of aryl methyl sites for hydroxylation is 3. The van der Waals surface area contributed by atoms with Crippen molar-refractivity contribution in [1.29, 1.82) is 0 Å². The predicted octanol–water partition coefficient (Wildman–Crippen LogP) is 4.81. The van der Waals surface area contributed by atoms with Crippen molar-refractivity contribution in [3.63, 3.8) is 0 Å². The van der Waals surface area contributed by atoms with Crippen LogP contribution in [0.5, 0.6) is 5.75 Å². The summed E-state index contributed by atoms with van der Waals surface area (Å²) in [4.78, 5) is 14.4. The first-order chi connectivity index (χ1) is 21.5. The topological polar surface area (TPSA) is 115 Å². The van der Waals surface area contributed by atoms with Crippen LogP contribution in [0.1, 0.15) is 17.5 Å². The van der Waals surface area contributed by atoms with Crippen molar-refractivity contribution in [2.24, 2.45) is 0 Å². The van der Waals surface area contributed by atoms with Gasteiger partial charge in [-0.1, -0.05) is 121 Å². The number of hydrogen-bond donors (Lipinski definition) is 0. The summed E-state index contributed by atoms with van der Waals surface area (Å²) in [5, 5.41) is 25.1. The molecule has 0 N–H and O–H groups in total. The number of benzene rings is 4. The fourth-order valence-corrected chi connectivity index (χ4v) is 4.99. The van der Waals surface area contributed by atoms with Crippen molar-refractivity contribution in [3.8, 4) is 39.9 Å². The molecule has 12 heteroatoms. The smallest absolute Gasteiger partial charge is 0.872 e. The molecule has 3 heterocycles. The Bertz CT molecular complexity index is 1760. The van der Waals surface area contributed by atoms with Gasteiger partial charge in [-0.25, -0.2) is 15.0 Å². The Hall–Kier alpha value is -5.21. The van der Waals surface area contributed by atoms with E-state index >= 15 is 0 Å². The fraction of sp³-hybridized carbons (Fsp3) is 0.0909. The monoisotopic (exact) mass is 643 g/mol. The summed E-state index contributed by atoms with van der Waals surface area (Å²) < 4.78 is 5.74. The summed E-state index contributed by atoms with van der Waals surface area (Å²) >= 11 is 0. The van der Waals surface area contributed by atoms with E-state index in [4.69, 9.17) is 30.2 Å². The molecule has 0 aliphatic rings. The largest absolute Gasteiger partial charge is 2.00 e. The fourth-order valence-electron chi connectivity index (χ4n) is 4.99. The number of rotatable bonds is 6. The molecule has 0 unspecified atom stereocenters. The molecule has 218 valence electrons. The van der Waals surface area contributed by atoms with Crippen LogP contribution in [0, 0.1) is 20.8 Å². The maximum Gasteiger partial charge on any atom is 2.00 e. The number of nitrogens with zero attached hydrogens (tertiary/aromatic N) is 9. The maximum atomic E-state index is 10.3. The molecular weight excluding hydrogens is 615 g/mol. The van der Waals surface area contributed by atoms with Crippen molar-refractivity contribution in [2.75, 3.05) is 0 Å². The zero-order valence-corrected chi connectivity index (χ0v) is 28.4. The third-order valence-electron chi connectivity index (χ3n) is 7.21. The van der Waals surface area contributed by atoms with Crippen LogP contribution >= 0.6 is 0 Å². The molecule has 3 aromatic heterocycles. The van der Waals surface area contributed by atoms with Crippen LogP contribution < -0.4 is 5.11 Å². The first-order valence-electron chi connectivity index (χ1n) is 14.3. The molecule has 4 aromatic carbocycles. The minimum absolute atomic E-state index is 0. The van der Waals surface area contributed by atoms with E-state index in [1.165, 1.54) is 12.1 Å². The predicted molar refractivity (Wildman–Crippen MR) is 170 cm³/mol. The van der Waals surface area contributed by atoms with E-state index in [2.05, 4.69) is 0 Å². The molecule has 0 radical (unpaired) electrons. The van der Waals surface area contributed by atoms with Crippen LogP contribution in [0.2, 0.25) is 0 Å². The summed E-state index contributed by atoms with van der Waals surface area (Å²) in [7, 11) is -1.74. The number of hydrogen-bond acceptors (Lipinski definition) is 7. The van der Waals surface area contributed by atoms with Gasteiger partial charge in [-0.3, -0.25) is 0 Å². The summed E-state index contributed by atoms with van der Waals surface area (Å²) in [6.07, 6.45) is 0. The van der Waals surface area contributed by atoms with Crippen LogP contribution in [-0.2, 0) is 19.5 Å². The molecule has 7 aromatic rings. The van der Waals surface area contributed by atoms with Crippen LogP contribution in [-0.4, -0.2) is 51.1 Å². The van der Waals surface area contributed by atoms with E-state index in [1.54, 1.807) is 12.1 Å². The Kier molecular flexibility index (Phi) is 9.75. The van der Waals surface area contributed by atoms with E-state index in [9.17, 15) is 5.11 Å². The van der Waals surface area contributed by atoms with Crippen molar-refractivity contribution in [1.82, 2.24) is 44.0 Å². The van der Waals surface area contributed by atoms with E-state index in [1.807, 2.05) is 132 Å². The molecule has 0 atom stereocenters. The van der Waals surface area contributed by atoms with Gasteiger partial charge >= 0.3 is 26.6 Å². The van der Waals surface area contributed by atoms with Gasteiger partial charge in [0, 0.05) is 16.7 Å². The molecule has 0 aliphatic carbocycles. The molecule has 0 saturated heterocycles. The Morgan fingerprint density at radius 2 is 0.711 bits per heavy atom. The van der Waals surface area contributed by atoms with Crippen LogP contribution in [0.25, 0.3) is 34.2 Å². The van der Waals surface area contributed by atoms with Gasteiger partial charge in [0.25, 0.3) is 0 Å². The summed E-state index contributed by atoms with van der Waals surface area (Å²) in [6, 6.07) is 38.2. The van der Waals surface area contributed by atoms with E-state index in [0.29, 0.717) is 17.5 Å². The minimum Gasteiger partial charge on any atom is -0.872 e. The van der Waals surface area contributed by atoms with Gasteiger partial charge in [0.15, 0.2) is 17.5 Å². The molecule has 0 amide bonds. The van der Waals surface area contributed by atoms with E-state index < -0.39 is 7.12 Å². The third-order valence-corrected chi connectivity index (χ3v) is 7.21. The Labute approximate surface area is 274 Å². The molecule has 7 rings (SSSR count). The second-order valence-electron chi connectivity index (χ2n) is 10.3. The van der Waals surface area contributed by atoms with Gasteiger partial charge in [0.05, 0.1) is 17.5 Å². The Morgan fingerprint density at radius 3 is 0.956 bits per heavy atom. The first kappa shape index (κ1) is 31.2. The Morgan fingerprint density at radius 1 is 0.444 bits per heavy atom. The van der Waals surface area contributed by atoms with Crippen LogP contribution in [0.4, 0.5) is 0 Å². The van der Waals surface area contributed by atoms with Crippen molar-refractivity contribution >= 4 is 7.12 Å². The third kappa shape index (κ3) is 6.97. The quantitative estimate of drug-likeness (QED) is 0.239. The van der Waals surface area contributed by atoms with E-state index in [0.717, 1.165) is 34.2 Å². The van der Waals surface area contributed by atoms with Gasteiger partial charge in [-0.2, -0.15) is 15.3 Å².